The maximum atomic E-state index is 14.6. The number of aromatic amines is 1. The number of guanidine groups is 1. The summed E-state index contributed by atoms with van der Waals surface area (Å²) in [5.74, 6) is -7.77. The Kier molecular flexibility index (Phi) is 25.9. The van der Waals surface area contributed by atoms with Gasteiger partial charge in [0.1, 0.15) is 54.9 Å². The third kappa shape index (κ3) is 20.5. The number of imide groups is 1. The van der Waals surface area contributed by atoms with Gasteiger partial charge in [-0.1, -0.05) is 62.4 Å². The molecule has 79 heavy (non-hydrogen) atoms. The molecule has 1 aliphatic rings. The first-order valence-corrected chi connectivity index (χ1v) is 27.0. The number of rotatable bonds is 33. The van der Waals surface area contributed by atoms with E-state index in [2.05, 4.69) is 88.4 Å². The molecule has 26 nitrogen and oxygen atoms in total. The van der Waals surface area contributed by atoms with E-state index < -0.39 is 114 Å². The topological polar surface area (TPSA) is 398 Å². The number of amides is 11. The van der Waals surface area contributed by atoms with Crippen LogP contribution in [0.2, 0.25) is 0 Å². The van der Waals surface area contributed by atoms with Gasteiger partial charge < -0.3 is 69.6 Å². The van der Waals surface area contributed by atoms with Crippen molar-refractivity contribution in [2.75, 3.05) is 38.2 Å². The molecule has 4 rings (SSSR count). The first-order chi connectivity index (χ1) is 37.6. The van der Waals surface area contributed by atoms with E-state index in [9.17, 15) is 47.9 Å². The number of primary amides is 1. The van der Waals surface area contributed by atoms with E-state index in [1.54, 1.807) is 49.6 Å². The molecular formula is C51H74N16O10S2. The monoisotopic (exact) mass is 1130 g/mol. The minimum atomic E-state index is -1.39. The van der Waals surface area contributed by atoms with Gasteiger partial charge in [-0.05, 0) is 62.1 Å². The van der Waals surface area contributed by atoms with Gasteiger partial charge in [0.05, 0.1) is 6.34 Å². The first-order valence-electron chi connectivity index (χ1n) is 25.7. The molecule has 28 heteroatoms. The fraction of sp³-hybridized carbons (Fsp3) is 0.490. The lowest BCUT2D eigenvalue weighted by molar-refractivity contribution is -0.135. The maximum Gasteiger partial charge on any atom is 0.325 e. The van der Waals surface area contributed by atoms with Gasteiger partial charge in [-0.2, -0.15) is 25.3 Å². The van der Waals surface area contributed by atoms with Gasteiger partial charge in [0.25, 0.3) is 5.91 Å². The highest BCUT2D eigenvalue weighted by molar-refractivity contribution is 7.80. The Bertz CT molecular complexity index is 2660. The number of carbonyl (C=O) groups excluding carboxylic acids is 10. The molecule has 2 heterocycles. The number of benzene rings is 2. The predicted octanol–water partition coefficient (Wildman–Crippen LogP) is -2.03. The summed E-state index contributed by atoms with van der Waals surface area (Å²) in [6.07, 6.45) is 3.69. The second-order valence-electron chi connectivity index (χ2n) is 19.2. The van der Waals surface area contributed by atoms with Crippen molar-refractivity contribution in [1.29, 1.82) is 5.41 Å². The van der Waals surface area contributed by atoms with Crippen molar-refractivity contribution >= 4 is 108 Å². The van der Waals surface area contributed by atoms with Gasteiger partial charge in [-0.15, -0.1) is 0 Å². The van der Waals surface area contributed by atoms with Crippen molar-refractivity contribution < 1.29 is 47.9 Å². The SMILES string of the molecule is CN/C=N\CCC[C@H](NC(=O)[C@@H](C)NC(=O)[C@H](CS)NC(=O)CN1C(=O)N[C@@H](CC(C)C)C1=O)C(=O)N[C@H](Cc1ccccc1)C(=O)N[C@@H](CCCNC(=N)N)C(=O)N[C@@H](Cc1c[nH]c2ccccc12)C(=O)N[C@@H](CS)C(N)=O. The quantitative estimate of drug-likeness (QED) is 0.0103. The zero-order valence-electron chi connectivity index (χ0n) is 44.6. The summed E-state index contributed by atoms with van der Waals surface area (Å²) in [4.78, 5) is 143. The van der Waals surface area contributed by atoms with Crippen LogP contribution in [0.1, 0.15) is 64.0 Å². The number of aromatic nitrogens is 1. The normalized spacial score (nSPS) is 15.8. The van der Waals surface area contributed by atoms with E-state index in [0.29, 0.717) is 17.5 Å². The molecule has 430 valence electrons. The number of thiol groups is 2. The molecule has 0 aliphatic carbocycles. The smallest absolute Gasteiger partial charge is 0.325 e. The van der Waals surface area contributed by atoms with Crippen molar-refractivity contribution in [1.82, 2.24) is 63.1 Å². The number of nitrogens with one attached hydrogen (secondary N) is 12. The third-order valence-corrected chi connectivity index (χ3v) is 13.2. The Balaban J connectivity index is 1.57. The molecule has 8 atom stereocenters. The summed E-state index contributed by atoms with van der Waals surface area (Å²) in [7, 11) is 1.65. The summed E-state index contributed by atoms with van der Waals surface area (Å²) < 4.78 is 0. The summed E-state index contributed by atoms with van der Waals surface area (Å²) in [5.41, 5.74) is 13.0. The van der Waals surface area contributed by atoms with Gasteiger partial charge in [0.15, 0.2) is 5.96 Å². The Hall–Kier alpha value is -7.88. The minimum Gasteiger partial charge on any atom is -0.380 e. The lowest BCUT2D eigenvalue weighted by Crippen LogP contribution is -2.60. The van der Waals surface area contributed by atoms with Crippen LogP contribution in [-0.2, 0) is 56.0 Å². The van der Waals surface area contributed by atoms with E-state index in [-0.39, 0.29) is 75.0 Å². The molecular weight excluding hydrogens is 1060 g/mol. The minimum absolute atomic E-state index is 0.00694. The number of nitrogens with two attached hydrogens (primary N) is 2. The van der Waals surface area contributed by atoms with Gasteiger partial charge in [-0.25, -0.2) is 4.79 Å². The lowest BCUT2D eigenvalue weighted by atomic mass is 10.0. The molecule has 11 amide bonds. The number of hydrogen-bond acceptors (Lipinski definition) is 14. The number of para-hydroxylation sites is 1. The number of urea groups is 1. The van der Waals surface area contributed by atoms with Crippen LogP contribution >= 0.6 is 25.3 Å². The Morgan fingerprint density at radius 3 is 1.87 bits per heavy atom. The van der Waals surface area contributed by atoms with Crippen molar-refractivity contribution in [3.05, 3.63) is 71.9 Å². The second kappa shape index (κ2) is 32.1. The summed E-state index contributed by atoms with van der Waals surface area (Å²) in [6, 6.07) is 5.18. The number of fused-ring (bicyclic) bond motifs is 1. The van der Waals surface area contributed by atoms with Crippen LogP contribution in [0.5, 0.6) is 0 Å². The van der Waals surface area contributed by atoms with Crippen LogP contribution in [-0.4, -0.2) is 168 Å². The molecule has 3 aromatic rings. The second-order valence-corrected chi connectivity index (χ2v) is 19.9. The third-order valence-electron chi connectivity index (χ3n) is 12.4. The zero-order valence-corrected chi connectivity index (χ0v) is 46.3. The van der Waals surface area contributed by atoms with E-state index in [1.165, 1.54) is 13.3 Å². The highest BCUT2D eigenvalue weighted by Crippen LogP contribution is 2.20. The molecule has 1 aromatic heterocycles. The highest BCUT2D eigenvalue weighted by Gasteiger charge is 2.40. The maximum absolute atomic E-state index is 14.6. The Morgan fingerprint density at radius 2 is 1.27 bits per heavy atom. The molecule has 0 spiro atoms. The molecule has 0 radical (unpaired) electrons. The van der Waals surface area contributed by atoms with Crippen molar-refractivity contribution in [2.24, 2.45) is 22.4 Å². The number of hydrogen-bond donors (Lipinski definition) is 16. The summed E-state index contributed by atoms with van der Waals surface area (Å²) >= 11 is 8.34. The standard InChI is InChI=1S/C51H74N16O10S2/c1-28(2)20-38-49(76)67(51(77)66-38)24-41(68)60-40(26-79)48(75)59-29(3)43(70)61-34(16-10-18-56-27-55-4)44(71)63-36(21-30-12-6-5-7-13-30)46(73)62-35(17-11-19-57-50(53)54)45(72)64-37(47(74)65-39(25-78)42(52)69)22-31-23-58-33-15-9-8-14-32(31)33/h5-9,12-15,23,27-29,34-40,58,78-79H,10-11,16-22,24-26H2,1-4H3,(H2,52,69)(H,55,56)(H,59,75)(H,60,68)(H,61,70)(H,62,73)(H,63,71)(H,64,72)(H,65,74)(H,66,77)(H4,53,54,57)/t29-,34+,35+,36-,37+,38+,39+,40+/m1/s1. The fourth-order valence-corrected chi connectivity index (χ4v) is 8.83. The van der Waals surface area contributed by atoms with Gasteiger partial charge in [0, 0.05) is 61.6 Å². The van der Waals surface area contributed by atoms with Gasteiger partial charge in [-0.3, -0.25) is 58.5 Å². The largest absolute Gasteiger partial charge is 0.380 e. The fourth-order valence-electron chi connectivity index (χ4n) is 8.31. The molecule has 1 saturated heterocycles. The van der Waals surface area contributed by atoms with Crippen LogP contribution in [0.15, 0.2) is 65.8 Å². The van der Waals surface area contributed by atoms with E-state index in [1.807, 2.05) is 32.0 Å². The average Bonchev–Trinajstić information content (AvgIpc) is 3.96. The highest BCUT2D eigenvalue weighted by atomic mass is 32.1. The van der Waals surface area contributed by atoms with Crippen LogP contribution in [0, 0.1) is 11.3 Å². The van der Waals surface area contributed by atoms with E-state index >= 15 is 0 Å². The molecule has 1 aliphatic heterocycles. The van der Waals surface area contributed by atoms with Crippen molar-refractivity contribution in [2.45, 2.75) is 114 Å². The van der Waals surface area contributed by atoms with E-state index in [0.717, 1.165) is 15.8 Å². The lowest BCUT2D eigenvalue weighted by Gasteiger charge is -2.27. The first kappa shape index (κ1) is 63.7. The van der Waals surface area contributed by atoms with Crippen molar-refractivity contribution in [3.63, 3.8) is 0 Å². The van der Waals surface area contributed by atoms with Crippen LogP contribution in [0.25, 0.3) is 10.9 Å². The molecule has 1 fully saturated rings. The van der Waals surface area contributed by atoms with Crippen LogP contribution < -0.4 is 64.6 Å². The van der Waals surface area contributed by atoms with Crippen LogP contribution in [0.4, 0.5) is 4.79 Å². The molecule has 16 N–H and O–H groups in total. The van der Waals surface area contributed by atoms with Crippen molar-refractivity contribution in [3.8, 4) is 0 Å². The molecule has 0 saturated carbocycles. The van der Waals surface area contributed by atoms with E-state index in [4.69, 9.17) is 16.9 Å². The Labute approximate surface area is 468 Å². The number of aliphatic imine (C=N–C) groups is 1. The average molecular weight is 1140 g/mol. The summed E-state index contributed by atoms with van der Waals surface area (Å²) in [5, 5.41) is 34.7. The molecule has 2 aromatic carbocycles. The van der Waals surface area contributed by atoms with Gasteiger partial charge >= 0.3 is 6.03 Å². The predicted molar refractivity (Wildman–Crippen MR) is 303 cm³/mol. The summed E-state index contributed by atoms with van der Waals surface area (Å²) in [6.45, 7) is 4.77. The molecule has 0 bridgehead atoms. The Morgan fingerprint density at radius 1 is 0.709 bits per heavy atom. The zero-order chi connectivity index (χ0) is 58.2. The number of H-pyrrole nitrogens is 1. The number of carbonyl (C=O) groups is 10. The molecule has 0 unspecified atom stereocenters. The van der Waals surface area contributed by atoms with Crippen LogP contribution in [0.3, 0.4) is 0 Å². The van der Waals surface area contributed by atoms with Gasteiger partial charge in [0.2, 0.25) is 47.3 Å². The number of nitrogens with zero attached hydrogens (tertiary/aromatic N) is 2.